The number of nitrogens with one attached hydrogen (secondary N) is 1. The monoisotopic (exact) mass is 263 g/mol. The van der Waals surface area contributed by atoms with Gasteiger partial charge in [-0.05, 0) is 50.0 Å². The van der Waals surface area contributed by atoms with Crippen molar-refractivity contribution in [2.24, 2.45) is 13.0 Å². The highest BCUT2D eigenvalue weighted by atomic mass is 35.5. The number of aromatic nitrogens is 2. The Kier molecular flexibility index (Phi) is 3.27. The van der Waals surface area contributed by atoms with E-state index >= 15 is 0 Å². The van der Waals surface area contributed by atoms with Crippen LogP contribution in [0.3, 0.4) is 0 Å². The third-order valence-corrected chi connectivity index (χ3v) is 4.11. The zero-order chi connectivity index (χ0) is 12.5. The van der Waals surface area contributed by atoms with Gasteiger partial charge in [0.05, 0.1) is 11.0 Å². The zero-order valence-electron chi connectivity index (χ0n) is 10.6. The van der Waals surface area contributed by atoms with Gasteiger partial charge in [-0.2, -0.15) is 0 Å². The Balaban J connectivity index is 1.80. The second-order valence-electron chi connectivity index (χ2n) is 5.12. The Morgan fingerprint density at radius 1 is 1.50 bits per heavy atom. The second-order valence-corrected chi connectivity index (χ2v) is 5.55. The van der Waals surface area contributed by atoms with Gasteiger partial charge in [0.2, 0.25) is 0 Å². The molecule has 1 aromatic heterocycles. The van der Waals surface area contributed by atoms with Crippen LogP contribution >= 0.6 is 11.6 Å². The van der Waals surface area contributed by atoms with Crippen LogP contribution in [0.5, 0.6) is 0 Å². The Morgan fingerprint density at radius 3 is 3.17 bits per heavy atom. The van der Waals surface area contributed by atoms with E-state index < -0.39 is 0 Å². The number of benzene rings is 1. The molecule has 0 radical (unpaired) electrons. The van der Waals surface area contributed by atoms with Crippen molar-refractivity contribution in [3.05, 3.63) is 29.0 Å². The van der Waals surface area contributed by atoms with Crippen molar-refractivity contribution in [1.82, 2.24) is 14.9 Å². The Bertz CT molecular complexity index is 555. The molecule has 2 aromatic rings. The highest BCUT2D eigenvalue weighted by molar-refractivity contribution is 6.31. The van der Waals surface area contributed by atoms with Gasteiger partial charge in [-0.15, -0.1) is 0 Å². The van der Waals surface area contributed by atoms with E-state index in [1.807, 2.05) is 18.2 Å². The fourth-order valence-corrected chi connectivity index (χ4v) is 2.91. The number of nitrogens with zero attached hydrogens (tertiary/aromatic N) is 2. The summed E-state index contributed by atoms with van der Waals surface area (Å²) in [7, 11) is 2.09. The van der Waals surface area contributed by atoms with Crippen molar-refractivity contribution >= 4 is 22.6 Å². The molecule has 1 aromatic carbocycles. The van der Waals surface area contributed by atoms with E-state index in [0.717, 1.165) is 29.4 Å². The molecule has 1 fully saturated rings. The fraction of sp³-hybridized carbons (Fsp3) is 0.500. The van der Waals surface area contributed by atoms with Crippen LogP contribution in [0, 0.1) is 5.92 Å². The van der Waals surface area contributed by atoms with Gasteiger partial charge in [0, 0.05) is 18.5 Å². The molecule has 0 amide bonds. The third-order valence-electron chi connectivity index (χ3n) is 3.87. The van der Waals surface area contributed by atoms with E-state index in [9.17, 15) is 0 Å². The molecular formula is C14H18ClN3. The van der Waals surface area contributed by atoms with E-state index in [1.165, 1.54) is 30.7 Å². The SMILES string of the molecule is Cn1c(CCC2CCNC2)nc2cc(Cl)ccc21. The van der Waals surface area contributed by atoms with Gasteiger partial charge in [-0.1, -0.05) is 11.6 Å². The minimum absolute atomic E-state index is 0.757. The number of halogens is 1. The molecule has 18 heavy (non-hydrogen) atoms. The van der Waals surface area contributed by atoms with Crippen LogP contribution in [-0.2, 0) is 13.5 Å². The lowest BCUT2D eigenvalue weighted by molar-refractivity contribution is 0.520. The topological polar surface area (TPSA) is 29.9 Å². The van der Waals surface area contributed by atoms with E-state index in [0.29, 0.717) is 0 Å². The van der Waals surface area contributed by atoms with E-state index in [4.69, 9.17) is 16.6 Å². The summed E-state index contributed by atoms with van der Waals surface area (Å²) >= 11 is 6.00. The Labute approximate surface area is 112 Å². The summed E-state index contributed by atoms with van der Waals surface area (Å²) in [6.07, 6.45) is 3.57. The van der Waals surface area contributed by atoms with Crippen molar-refractivity contribution in [3.8, 4) is 0 Å². The number of imidazole rings is 1. The van der Waals surface area contributed by atoms with E-state index in [-0.39, 0.29) is 0 Å². The quantitative estimate of drug-likeness (QED) is 0.923. The summed E-state index contributed by atoms with van der Waals surface area (Å²) in [5.41, 5.74) is 2.17. The molecule has 1 atom stereocenters. The van der Waals surface area contributed by atoms with Gasteiger partial charge >= 0.3 is 0 Å². The molecule has 0 bridgehead atoms. The first-order valence-corrected chi connectivity index (χ1v) is 6.93. The standard InChI is InChI=1S/C14H18ClN3/c1-18-13-4-3-11(15)8-12(13)17-14(18)5-2-10-6-7-16-9-10/h3-4,8,10,16H,2,5-7,9H2,1H3. The van der Waals surface area contributed by atoms with Crippen LogP contribution in [0.1, 0.15) is 18.7 Å². The number of hydrogen-bond acceptors (Lipinski definition) is 2. The molecular weight excluding hydrogens is 246 g/mol. The molecule has 0 saturated carbocycles. The maximum Gasteiger partial charge on any atom is 0.109 e. The summed E-state index contributed by atoms with van der Waals surface area (Å²) in [6.45, 7) is 2.33. The smallest absolute Gasteiger partial charge is 0.109 e. The minimum Gasteiger partial charge on any atom is -0.331 e. The van der Waals surface area contributed by atoms with Gasteiger partial charge in [0.25, 0.3) is 0 Å². The molecule has 1 N–H and O–H groups in total. The average Bonchev–Trinajstić information content (AvgIpc) is 2.95. The largest absolute Gasteiger partial charge is 0.331 e. The number of aryl methyl sites for hydroxylation is 2. The first-order chi connectivity index (χ1) is 8.74. The van der Waals surface area contributed by atoms with Gasteiger partial charge in [0.1, 0.15) is 5.82 Å². The molecule has 2 heterocycles. The van der Waals surface area contributed by atoms with Crippen LogP contribution in [0.4, 0.5) is 0 Å². The molecule has 4 heteroatoms. The van der Waals surface area contributed by atoms with Crippen LogP contribution in [0.25, 0.3) is 11.0 Å². The van der Waals surface area contributed by atoms with Crippen molar-refractivity contribution < 1.29 is 0 Å². The van der Waals surface area contributed by atoms with Gasteiger partial charge < -0.3 is 9.88 Å². The molecule has 3 rings (SSSR count). The molecule has 0 aliphatic carbocycles. The first kappa shape index (κ1) is 12.0. The first-order valence-electron chi connectivity index (χ1n) is 6.55. The van der Waals surface area contributed by atoms with Crippen LogP contribution in [0.2, 0.25) is 5.02 Å². The normalized spacial score (nSPS) is 19.8. The molecule has 3 nitrogen and oxygen atoms in total. The van der Waals surface area contributed by atoms with E-state index in [1.54, 1.807) is 0 Å². The van der Waals surface area contributed by atoms with Crippen molar-refractivity contribution in [2.45, 2.75) is 19.3 Å². The summed E-state index contributed by atoms with van der Waals surface area (Å²) in [5.74, 6) is 1.98. The number of hydrogen-bond donors (Lipinski definition) is 1. The fourth-order valence-electron chi connectivity index (χ4n) is 2.74. The number of rotatable bonds is 3. The summed E-state index contributed by atoms with van der Waals surface area (Å²) in [6, 6.07) is 5.92. The summed E-state index contributed by atoms with van der Waals surface area (Å²) in [5, 5.41) is 4.17. The molecule has 1 aliphatic rings. The highest BCUT2D eigenvalue weighted by Gasteiger charge is 2.16. The van der Waals surface area contributed by atoms with Gasteiger partial charge in [0.15, 0.2) is 0 Å². The predicted octanol–water partition coefficient (Wildman–Crippen LogP) is 2.77. The van der Waals surface area contributed by atoms with Crippen molar-refractivity contribution in [2.75, 3.05) is 13.1 Å². The van der Waals surface area contributed by atoms with Crippen LogP contribution < -0.4 is 5.32 Å². The van der Waals surface area contributed by atoms with Gasteiger partial charge in [-0.25, -0.2) is 4.98 Å². The predicted molar refractivity (Wildman–Crippen MR) is 75.0 cm³/mol. The lowest BCUT2D eigenvalue weighted by Gasteiger charge is -2.07. The molecule has 96 valence electrons. The van der Waals surface area contributed by atoms with Crippen molar-refractivity contribution in [3.63, 3.8) is 0 Å². The van der Waals surface area contributed by atoms with Crippen LogP contribution in [-0.4, -0.2) is 22.6 Å². The van der Waals surface area contributed by atoms with Gasteiger partial charge in [-0.3, -0.25) is 0 Å². The molecule has 1 unspecified atom stereocenters. The Morgan fingerprint density at radius 2 is 2.39 bits per heavy atom. The minimum atomic E-state index is 0.757. The summed E-state index contributed by atoms with van der Waals surface area (Å²) in [4.78, 5) is 4.69. The molecule has 1 saturated heterocycles. The molecule has 1 aliphatic heterocycles. The third kappa shape index (κ3) is 2.25. The highest BCUT2D eigenvalue weighted by Crippen LogP contribution is 2.22. The maximum absolute atomic E-state index is 6.00. The second kappa shape index (κ2) is 4.90. The summed E-state index contributed by atoms with van der Waals surface area (Å²) < 4.78 is 2.19. The maximum atomic E-state index is 6.00. The zero-order valence-corrected chi connectivity index (χ0v) is 11.4. The van der Waals surface area contributed by atoms with Crippen LogP contribution in [0.15, 0.2) is 18.2 Å². The van der Waals surface area contributed by atoms with E-state index in [2.05, 4.69) is 16.9 Å². The Hall–Kier alpha value is -1.06. The van der Waals surface area contributed by atoms with Crippen molar-refractivity contribution in [1.29, 1.82) is 0 Å². The lowest BCUT2D eigenvalue weighted by Crippen LogP contribution is -2.10. The average molecular weight is 264 g/mol. The lowest BCUT2D eigenvalue weighted by atomic mass is 10.0. The number of fused-ring (bicyclic) bond motifs is 1. The molecule has 0 spiro atoms.